The van der Waals surface area contributed by atoms with E-state index >= 15 is 0 Å². The number of alkyl halides is 3. The SMILES string of the molecule is C.COc1c(C)cnc(CSc2nc3ccc(CO)cc3[nH]2)c1C.COc1ccc2c(c1)NC(S(=O)c1ncc(C)c(OC)c1C)N2.COc1ccnc(CSc2nc3ccc(C)cc3[nH]2)c1CO.Cc1c(OCC(F)(F)F)ccnc1CSc1nc2ccccc2[nH]1.Cc1c(OCCCO)ccnc1CSc1nc2ccccc2[nH]1.O.O.O.O.O.c1ccc(CSc2nc3ccccc3[nH]2)nc1. The zero-order valence-corrected chi connectivity index (χ0v) is 81.5. The van der Waals surface area contributed by atoms with Gasteiger partial charge in [0.05, 0.1) is 143 Å². The van der Waals surface area contributed by atoms with E-state index < -0.39 is 29.1 Å². The number of pyridine rings is 6. The van der Waals surface area contributed by atoms with Crippen LogP contribution in [0.15, 0.2) is 232 Å². The van der Waals surface area contributed by atoms with Crippen molar-refractivity contribution in [3.8, 4) is 34.5 Å². The molecule has 0 bridgehead atoms. The van der Waals surface area contributed by atoms with Crippen LogP contribution >= 0.6 is 58.8 Å². The molecule has 734 valence electrons. The Labute approximate surface area is 818 Å². The van der Waals surface area contributed by atoms with Gasteiger partial charge in [-0.05, 0) is 163 Å². The van der Waals surface area contributed by atoms with Crippen LogP contribution in [-0.4, -0.2) is 187 Å². The van der Waals surface area contributed by atoms with Gasteiger partial charge >= 0.3 is 6.18 Å². The molecule has 42 heteroatoms. The number of halogens is 3. The number of fused-ring (bicyclic) bond motifs is 6. The maximum absolute atomic E-state index is 12.9. The number of aromatic amines is 5. The summed E-state index contributed by atoms with van der Waals surface area (Å²) in [5, 5.41) is 38.7. The second-order valence-corrected chi connectivity index (χ2v) is 35.8. The molecule has 138 heavy (non-hydrogen) atoms. The van der Waals surface area contributed by atoms with Crippen molar-refractivity contribution in [2.45, 2.75) is 147 Å². The topological polar surface area (TPSA) is 535 Å². The number of anilines is 2. The van der Waals surface area contributed by atoms with E-state index in [0.29, 0.717) is 46.6 Å². The smallest absolute Gasteiger partial charge is 0.422 e. The van der Waals surface area contributed by atoms with Crippen LogP contribution in [0.25, 0.3) is 55.2 Å². The van der Waals surface area contributed by atoms with E-state index in [1.54, 1.807) is 107 Å². The molecule has 0 fully saturated rings. The molecule has 0 saturated carbocycles. The number of nitrogens with zero attached hydrogens (tertiary/aromatic N) is 11. The van der Waals surface area contributed by atoms with Gasteiger partial charge in [-0.2, -0.15) is 13.2 Å². The van der Waals surface area contributed by atoms with Gasteiger partial charge < -0.3 is 107 Å². The number of methoxy groups -OCH3 is 4. The molecule has 11 aromatic heterocycles. The van der Waals surface area contributed by atoms with Gasteiger partial charge in [-0.25, -0.2) is 34.1 Å². The van der Waals surface area contributed by atoms with Crippen molar-refractivity contribution in [1.82, 2.24) is 79.7 Å². The third kappa shape index (κ3) is 30.2. The Morgan fingerprint density at radius 1 is 0.413 bits per heavy atom. The molecule has 6 aromatic carbocycles. The van der Waals surface area contributed by atoms with Crippen LogP contribution < -0.4 is 39.1 Å². The molecule has 0 spiro atoms. The molecule has 0 radical (unpaired) electrons. The van der Waals surface area contributed by atoms with E-state index in [9.17, 15) is 27.6 Å². The van der Waals surface area contributed by atoms with Crippen LogP contribution in [0.3, 0.4) is 0 Å². The van der Waals surface area contributed by atoms with E-state index in [0.717, 1.165) is 194 Å². The van der Waals surface area contributed by atoms with E-state index in [4.69, 9.17) is 33.5 Å². The number of aryl methyl sites for hydroxylation is 3. The van der Waals surface area contributed by atoms with Crippen molar-refractivity contribution in [2.24, 2.45) is 0 Å². The lowest BCUT2D eigenvalue weighted by Gasteiger charge is -2.15. The molecule has 20 N–H and O–H groups in total. The minimum atomic E-state index is -4.36. The predicted molar refractivity (Wildman–Crippen MR) is 542 cm³/mol. The minimum absolute atomic E-state index is 0. The van der Waals surface area contributed by atoms with Crippen molar-refractivity contribution in [1.29, 1.82) is 0 Å². The molecule has 0 aliphatic carbocycles. The van der Waals surface area contributed by atoms with E-state index in [1.165, 1.54) is 29.6 Å². The Kier molecular flexibility index (Phi) is 44.3. The molecular weight excluding hydrogens is 1890 g/mol. The highest BCUT2D eigenvalue weighted by atomic mass is 32.2. The van der Waals surface area contributed by atoms with Gasteiger partial charge in [-0.3, -0.25) is 24.9 Å². The summed E-state index contributed by atoms with van der Waals surface area (Å²) in [6, 6.07) is 52.2. The average Bonchev–Trinajstić information content (AvgIpc) is 1.64. The van der Waals surface area contributed by atoms with Gasteiger partial charge in [0.25, 0.3) is 0 Å². The van der Waals surface area contributed by atoms with Gasteiger partial charge in [0.2, 0.25) is 0 Å². The van der Waals surface area contributed by atoms with Crippen LogP contribution in [0.2, 0.25) is 0 Å². The summed E-state index contributed by atoms with van der Waals surface area (Å²) in [5.74, 6) is 7.42. The summed E-state index contributed by atoms with van der Waals surface area (Å²) in [5.41, 5.74) is 23.8. The Bertz CT molecular complexity index is 6670. The summed E-state index contributed by atoms with van der Waals surface area (Å²) in [4.78, 5) is 65.1. The normalized spacial score (nSPS) is 11.7. The van der Waals surface area contributed by atoms with E-state index in [-0.39, 0.29) is 60.4 Å². The van der Waals surface area contributed by atoms with Gasteiger partial charge in [0.1, 0.15) is 50.3 Å². The third-order valence-corrected chi connectivity index (χ3v) is 26.3. The van der Waals surface area contributed by atoms with E-state index in [1.807, 2.05) is 193 Å². The molecule has 1 aliphatic heterocycles. The van der Waals surface area contributed by atoms with Crippen LogP contribution in [0.4, 0.5) is 24.5 Å². The third-order valence-electron chi connectivity index (χ3n) is 20.4. The van der Waals surface area contributed by atoms with Crippen molar-refractivity contribution in [3.05, 3.63) is 280 Å². The van der Waals surface area contributed by atoms with Crippen LogP contribution in [-0.2, 0) is 52.8 Å². The quantitative estimate of drug-likeness (QED) is 0.0154. The summed E-state index contributed by atoms with van der Waals surface area (Å²) in [7, 11) is 5.12. The lowest BCUT2D eigenvalue weighted by Crippen LogP contribution is -2.28. The summed E-state index contributed by atoms with van der Waals surface area (Å²) in [6.45, 7) is 12.9. The van der Waals surface area contributed by atoms with Crippen molar-refractivity contribution in [3.63, 3.8) is 0 Å². The van der Waals surface area contributed by atoms with Crippen LogP contribution in [0.5, 0.6) is 34.5 Å². The first kappa shape index (κ1) is 112. The molecule has 2 unspecified atom stereocenters. The number of H-pyrrole nitrogens is 5. The first-order valence-electron chi connectivity index (χ1n) is 41.5. The van der Waals surface area contributed by atoms with Gasteiger partial charge in [-0.15, -0.1) is 0 Å². The highest BCUT2D eigenvalue weighted by molar-refractivity contribution is 7.99. The number of benzene rings is 6. The zero-order chi connectivity index (χ0) is 93.2. The monoisotopic (exact) mass is 2010 g/mol. The fourth-order valence-electron chi connectivity index (χ4n) is 13.5. The van der Waals surface area contributed by atoms with Crippen molar-refractivity contribution < 1.29 is 88.5 Å². The zero-order valence-electron chi connectivity index (χ0n) is 76.6. The number of thioether (sulfide) groups is 5. The standard InChI is InChI=1S/2C17H19N3O2S.C16H14F3N3OS.C16H19N3O3S.C16H17N3O2S.C13H11N3S.CH4.5H2O/c1-10-7-18-15(11(2)16(10)22-3)9-23-17-19-13-5-4-12(8-21)6-14(13)20-17;1-12-15(18-8-7-16(12)22-10-4-9-21)11-23-17-19-13-5-2-3-6-14(13)20-17;1-10-13(20-7-6-14(10)23-9-16(17,18)19)8-24-15-21-11-4-2-3-5-12(11)22-15;1-9-8-17-15(10(2)14(9)22-4)23(20)16-18-12-6-5-11(21-3)7-13(12)19-16;1-10-3-4-12-13(7-10)19-16(18-12)22-9-14-11(8-20)15(21-2)5-6-17-14;1-2-7-12-11(6-1)15-13(16-12)17-9-10-5-3-4-8-14-10;;;;;;/h4-7,21H,8-9H2,1-3H3,(H,19,20);2-3,5-8,21H,4,9-11H2,1H3,(H,19,20);2-7H,8-9H2,1H3,(H,21,22);5-8,16,18-19H,1-4H3;3-7,20H,8-9H2,1-2H3,(H,18,19);1-8H,9H2,(H,15,16);1H4;5*1H2. The van der Waals surface area contributed by atoms with Gasteiger partial charge in [-0.1, -0.05) is 121 Å². The Morgan fingerprint density at radius 2 is 0.862 bits per heavy atom. The summed E-state index contributed by atoms with van der Waals surface area (Å²) < 4.78 is 81.6. The number of rotatable bonds is 29. The average molecular weight is 2010 g/mol. The fraction of sp³-hybridized carbons (Fsp3) is 0.260. The lowest BCUT2D eigenvalue weighted by molar-refractivity contribution is -0.153. The minimum Gasteiger partial charge on any atom is -0.497 e. The number of nitrogens with one attached hydrogen (secondary N) is 7. The lowest BCUT2D eigenvalue weighted by atomic mass is 10.1. The van der Waals surface area contributed by atoms with Gasteiger partial charge in [0, 0.05) is 124 Å². The number of aliphatic hydroxyl groups is 3. The Balaban J connectivity index is 0.000000224. The van der Waals surface area contributed by atoms with Gasteiger partial charge in [0.15, 0.2) is 37.9 Å². The first-order valence-corrected chi connectivity index (χ1v) is 47.6. The van der Waals surface area contributed by atoms with Crippen LogP contribution in [0, 0.1) is 48.5 Å². The molecule has 18 rings (SSSR count). The molecule has 0 saturated heterocycles. The van der Waals surface area contributed by atoms with Crippen LogP contribution in [0.1, 0.15) is 92.4 Å². The fourth-order valence-corrected chi connectivity index (χ4v) is 19.2. The van der Waals surface area contributed by atoms with Crippen molar-refractivity contribution in [2.75, 3.05) is 58.9 Å². The number of hydrogen-bond acceptors (Lipinski definition) is 28. The largest absolute Gasteiger partial charge is 0.497 e. The van der Waals surface area contributed by atoms with Crippen molar-refractivity contribution >= 4 is 136 Å². The number of imidazole rings is 5. The Hall–Kier alpha value is -12.7. The highest BCUT2D eigenvalue weighted by Crippen LogP contribution is 2.38. The molecule has 0 amide bonds. The number of hydrogen-bond donors (Lipinski definition) is 10. The molecular formula is C96H113F3N18O15S6. The number of ether oxygens (including phenoxy) is 6. The molecule has 2 atom stereocenters. The molecule has 1 aliphatic rings. The van der Waals surface area contributed by atoms with E-state index in [2.05, 4.69) is 103 Å². The summed E-state index contributed by atoms with van der Waals surface area (Å²) >= 11 is 7.90. The number of aliphatic hydroxyl groups excluding tert-OH is 3. The second kappa shape index (κ2) is 54.5. The number of para-hydroxylation sites is 6. The molecule has 12 heterocycles. The first-order chi connectivity index (χ1) is 64.0. The maximum Gasteiger partial charge on any atom is 0.422 e. The maximum atomic E-state index is 12.9. The highest BCUT2D eigenvalue weighted by Gasteiger charge is 2.31. The second-order valence-electron chi connectivity index (χ2n) is 29.6. The molecule has 33 nitrogen and oxygen atoms in total. The predicted octanol–water partition coefficient (Wildman–Crippen LogP) is 16.7. The summed E-state index contributed by atoms with van der Waals surface area (Å²) in [6.07, 6.45) is 6.51. The Morgan fingerprint density at radius 3 is 1.35 bits per heavy atom. The molecule has 17 aromatic rings. The number of aromatic nitrogens is 16.